The van der Waals surface area contributed by atoms with E-state index in [-0.39, 0.29) is 33.4 Å². The van der Waals surface area contributed by atoms with Crippen molar-refractivity contribution in [1.82, 2.24) is 0 Å². The number of benzene rings is 5. The van der Waals surface area contributed by atoms with Crippen LogP contribution in [0.15, 0.2) is 121 Å². The molecule has 5 aromatic rings. The number of ketones is 1. The molecule has 308 valence electrons. The molecule has 0 atom stereocenters. The molecule has 0 amide bonds. The molecule has 0 N–H and O–H groups in total. The Bertz CT molecular complexity index is 2000. The lowest BCUT2D eigenvalue weighted by Gasteiger charge is -2.44. The fourth-order valence-corrected chi connectivity index (χ4v) is 7.07. The topological polar surface area (TPSA) is 60.4 Å². The van der Waals surface area contributed by atoms with E-state index in [1.165, 1.54) is 6.92 Å². The second kappa shape index (κ2) is 16.8. The first kappa shape index (κ1) is 45.3. The molecule has 0 saturated heterocycles. The predicted molar refractivity (Wildman–Crippen MR) is 197 cm³/mol. The molecule has 0 unspecified atom stereocenters. The van der Waals surface area contributed by atoms with E-state index in [9.17, 15) is 66.5 Å². The zero-order valence-corrected chi connectivity index (χ0v) is 31.2. The van der Waals surface area contributed by atoms with Crippen LogP contribution in [0, 0.1) is 0 Å². The normalized spacial score (nSPS) is 12.7. The average molecular weight is 847 g/mol. The van der Waals surface area contributed by atoms with Crippen molar-refractivity contribution in [3.63, 3.8) is 0 Å². The highest BCUT2D eigenvalue weighted by Crippen LogP contribution is 2.32. The summed E-state index contributed by atoms with van der Waals surface area (Å²) in [5.74, 6) is -0.161. The summed E-state index contributed by atoms with van der Waals surface area (Å²) >= 11 is 0. The standard InChI is InChI=1S/C28H16BF12.C12H15O4S/c30-25(31,32)17-1-9-21(10-2-17)29(22-11-3-18(4-12-22)26(33,34)35,23-13-5-19(6-14-23)27(36,37)38)24-15-7-20(8-16-24)28(39,40)41;1-9(13)16-11-6-4-10(5-7-11)12(14)8-17(2,3)15/h1-16H;4-7H,8H2,1-3H3/q-1;+1. The summed E-state index contributed by atoms with van der Waals surface area (Å²) in [6, 6.07) is 19.8. The summed E-state index contributed by atoms with van der Waals surface area (Å²) in [7, 11) is -2.09. The van der Waals surface area contributed by atoms with Gasteiger partial charge in [0.25, 0.3) is 0 Å². The average Bonchev–Trinajstić information content (AvgIpc) is 3.11. The van der Waals surface area contributed by atoms with Crippen LogP contribution in [0.3, 0.4) is 0 Å². The van der Waals surface area contributed by atoms with Gasteiger partial charge >= 0.3 is 30.7 Å². The van der Waals surface area contributed by atoms with Gasteiger partial charge in [-0.3, -0.25) is 9.59 Å². The minimum Gasteiger partial charge on any atom is -0.427 e. The van der Waals surface area contributed by atoms with Crippen molar-refractivity contribution in [1.29, 1.82) is 0 Å². The smallest absolute Gasteiger partial charge is 0.416 e. The molecule has 58 heavy (non-hydrogen) atoms. The Morgan fingerprint density at radius 1 is 0.483 bits per heavy atom. The van der Waals surface area contributed by atoms with Gasteiger partial charge in [-0.05, 0) is 24.3 Å². The number of alkyl halides is 12. The molecule has 0 bridgehead atoms. The van der Waals surface area contributed by atoms with Gasteiger partial charge in [-0.1, -0.05) is 97.1 Å². The second-order valence-corrected chi connectivity index (χ2v) is 16.6. The van der Waals surface area contributed by atoms with Crippen LogP contribution in [0.2, 0.25) is 0 Å². The lowest BCUT2D eigenvalue weighted by molar-refractivity contribution is -0.138. The number of rotatable bonds is 8. The molecule has 0 aromatic heterocycles. The maximum absolute atomic E-state index is 13.3. The molecule has 0 heterocycles. The third-order valence-electron chi connectivity index (χ3n) is 8.87. The maximum Gasteiger partial charge on any atom is 0.416 e. The third kappa shape index (κ3) is 11.2. The number of halogens is 12. The Balaban J connectivity index is 0.000000366. The van der Waals surface area contributed by atoms with Crippen molar-refractivity contribution in [2.45, 2.75) is 31.6 Å². The molecule has 0 spiro atoms. The number of hydrogen-bond donors (Lipinski definition) is 0. The number of Topliss-reactive ketones (excluding diaryl/α,β-unsaturated/α-hetero) is 1. The Kier molecular flexibility index (Phi) is 13.2. The van der Waals surface area contributed by atoms with Gasteiger partial charge in [-0.25, -0.2) is 0 Å². The van der Waals surface area contributed by atoms with Crippen molar-refractivity contribution in [2.24, 2.45) is 0 Å². The molecule has 5 rings (SSSR count). The number of esters is 1. The van der Waals surface area contributed by atoms with E-state index in [2.05, 4.69) is 0 Å². The number of carbonyl (C=O) groups is 2. The second-order valence-electron chi connectivity index (χ2n) is 13.5. The molecule has 0 aliphatic carbocycles. The van der Waals surface area contributed by atoms with Gasteiger partial charge in [0.1, 0.15) is 24.4 Å². The van der Waals surface area contributed by atoms with Crippen molar-refractivity contribution < 1.29 is 71.2 Å². The van der Waals surface area contributed by atoms with Gasteiger partial charge in [0.05, 0.1) is 32.2 Å². The maximum atomic E-state index is 13.3. The van der Waals surface area contributed by atoms with E-state index in [1.54, 1.807) is 36.8 Å². The monoisotopic (exact) mass is 846 g/mol. The third-order valence-corrected chi connectivity index (χ3v) is 9.83. The van der Waals surface area contributed by atoms with Crippen LogP contribution >= 0.6 is 0 Å². The molecular weight excluding hydrogens is 815 g/mol. The molecule has 0 aliphatic rings. The minimum absolute atomic E-state index is 0.0114. The highest BCUT2D eigenvalue weighted by atomic mass is 32.2. The molecule has 0 radical (unpaired) electrons. The van der Waals surface area contributed by atoms with Crippen molar-refractivity contribution in [3.05, 3.63) is 149 Å². The van der Waals surface area contributed by atoms with E-state index in [0.717, 1.165) is 48.5 Å². The predicted octanol–water partition coefficient (Wildman–Crippen LogP) is 8.69. The van der Waals surface area contributed by atoms with Gasteiger partial charge in [0, 0.05) is 12.5 Å². The summed E-state index contributed by atoms with van der Waals surface area (Å²) in [6.07, 6.45) is -18.9. The highest BCUT2D eigenvalue weighted by molar-refractivity contribution is 8.02. The zero-order chi connectivity index (χ0) is 43.5. The SMILES string of the molecule is CC(=O)Oc1ccc(C(=O)C[S+](C)(C)=O)cc1.FC(F)(F)c1ccc([B-](c2ccc(C(F)(F)F)cc2)(c2ccc(C(F)(F)F)cc2)c2ccc(C(F)(F)F)cc2)cc1. The Labute approximate surface area is 325 Å². The van der Waals surface area contributed by atoms with Gasteiger partial charge < -0.3 is 4.74 Å². The van der Waals surface area contributed by atoms with Crippen LogP contribution < -0.4 is 26.6 Å². The largest absolute Gasteiger partial charge is 0.427 e. The summed E-state index contributed by atoms with van der Waals surface area (Å²) in [6.45, 7) is 1.31. The summed E-state index contributed by atoms with van der Waals surface area (Å²) < 4.78 is 176. The van der Waals surface area contributed by atoms with E-state index in [1.807, 2.05) is 0 Å². The molecule has 0 fully saturated rings. The van der Waals surface area contributed by atoms with E-state index in [4.69, 9.17) is 4.74 Å². The van der Waals surface area contributed by atoms with Crippen LogP contribution in [0.5, 0.6) is 5.75 Å². The van der Waals surface area contributed by atoms with Crippen LogP contribution in [0.25, 0.3) is 0 Å². The first-order valence-corrected chi connectivity index (χ1v) is 19.3. The van der Waals surface area contributed by atoms with Gasteiger partial charge in [-0.2, -0.15) is 74.5 Å². The molecule has 18 heteroatoms. The molecule has 0 aliphatic heterocycles. The molecule has 4 nitrogen and oxygen atoms in total. The Morgan fingerprint density at radius 2 is 0.741 bits per heavy atom. The van der Waals surface area contributed by atoms with E-state index >= 15 is 0 Å². The van der Waals surface area contributed by atoms with Gasteiger partial charge in [-0.15, -0.1) is 4.21 Å². The van der Waals surface area contributed by atoms with Gasteiger partial charge in [0.15, 0.2) is 5.75 Å². The summed E-state index contributed by atoms with van der Waals surface area (Å²) in [5, 5.41) is 0. The Morgan fingerprint density at radius 3 is 0.948 bits per heavy atom. The fraction of sp³-hybridized carbons (Fsp3) is 0.200. The quantitative estimate of drug-likeness (QED) is 0.0392. The Hall–Kier alpha value is -5.39. The number of carbonyl (C=O) groups excluding carboxylic acids is 2. The zero-order valence-electron chi connectivity index (χ0n) is 30.4. The van der Waals surface area contributed by atoms with Crippen molar-refractivity contribution in [3.8, 4) is 5.75 Å². The highest BCUT2D eigenvalue weighted by Gasteiger charge is 2.38. The number of ether oxygens (including phenoxy) is 1. The number of hydrogen-bond acceptors (Lipinski definition) is 4. The van der Waals surface area contributed by atoms with Crippen LogP contribution in [-0.2, 0) is 43.6 Å². The molecule has 5 aromatic carbocycles. The summed E-state index contributed by atoms with van der Waals surface area (Å²) in [4.78, 5) is 22.4. The summed E-state index contributed by atoms with van der Waals surface area (Å²) in [5.41, 5.74) is -3.82. The minimum atomic E-state index is -4.77. The van der Waals surface area contributed by atoms with Crippen LogP contribution in [0.4, 0.5) is 52.7 Å². The molecule has 0 saturated carbocycles. The molecular formula is C40H31BF12O4S. The van der Waals surface area contributed by atoms with E-state index < -0.39 is 69.0 Å². The first-order valence-electron chi connectivity index (χ1n) is 16.7. The van der Waals surface area contributed by atoms with Crippen LogP contribution in [0.1, 0.15) is 39.5 Å². The lowest BCUT2D eigenvalue weighted by Crippen LogP contribution is -2.74. The van der Waals surface area contributed by atoms with Crippen molar-refractivity contribution >= 4 is 49.7 Å². The van der Waals surface area contributed by atoms with E-state index in [0.29, 0.717) is 59.8 Å². The van der Waals surface area contributed by atoms with Crippen LogP contribution in [-0.4, -0.2) is 36.2 Å². The first-order chi connectivity index (χ1) is 26.6. The van der Waals surface area contributed by atoms with Crippen molar-refractivity contribution in [2.75, 3.05) is 18.3 Å². The fourth-order valence-electron chi connectivity index (χ4n) is 6.27. The van der Waals surface area contributed by atoms with Gasteiger partial charge in [0.2, 0.25) is 5.78 Å². The lowest BCUT2D eigenvalue weighted by atomic mass is 9.13.